The van der Waals surface area contributed by atoms with E-state index in [0.29, 0.717) is 6.42 Å². The van der Waals surface area contributed by atoms with Gasteiger partial charge >= 0.3 is 0 Å². The van der Waals surface area contributed by atoms with E-state index < -0.39 is 0 Å². The quantitative estimate of drug-likeness (QED) is 0.492. The van der Waals surface area contributed by atoms with E-state index in [4.69, 9.17) is 0 Å². The SMILES string of the molecule is CCCCCCC(=O)c1scc(Br)c1Br. The summed E-state index contributed by atoms with van der Waals surface area (Å²) in [4.78, 5) is 12.6. The van der Waals surface area contributed by atoms with Crippen LogP contribution in [0.1, 0.15) is 48.7 Å². The molecule has 1 heterocycles. The van der Waals surface area contributed by atoms with Gasteiger partial charge in [-0.05, 0) is 38.3 Å². The zero-order valence-electron chi connectivity index (χ0n) is 8.69. The molecule has 1 nitrogen and oxygen atoms in total. The van der Waals surface area contributed by atoms with Crippen LogP contribution in [-0.2, 0) is 0 Å². The highest BCUT2D eigenvalue weighted by atomic mass is 79.9. The second-order valence-electron chi connectivity index (χ2n) is 3.46. The van der Waals surface area contributed by atoms with E-state index in [1.165, 1.54) is 24.2 Å². The monoisotopic (exact) mass is 352 g/mol. The molecule has 0 spiro atoms. The fraction of sp³-hybridized carbons (Fsp3) is 0.545. The third-order valence-corrected chi connectivity index (χ3v) is 5.77. The highest BCUT2D eigenvalue weighted by Crippen LogP contribution is 2.33. The normalized spacial score (nSPS) is 10.6. The molecule has 1 aromatic heterocycles. The van der Waals surface area contributed by atoms with Crippen LogP contribution in [0.3, 0.4) is 0 Å². The molecule has 0 radical (unpaired) electrons. The van der Waals surface area contributed by atoms with Crippen molar-refractivity contribution in [1.82, 2.24) is 0 Å². The van der Waals surface area contributed by atoms with Gasteiger partial charge in [-0.2, -0.15) is 0 Å². The van der Waals surface area contributed by atoms with E-state index in [1.807, 2.05) is 5.38 Å². The van der Waals surface area contributed by atoms with Crippen LogP contribution < -0.4 is 0 Å². The molecule has 0 bridgehead atoms. The highest BCUT2D eigenvalue weighted by molar-refractivity contribution is 9.13. The van der Waals surface area contributed by atoms with Crippen molar-refractivity contribution >= 4 is 49.0 Å². The van der Waals surface area contributed by atoms with Gasteiger partial charge in [-0.3, -0.25) is 4.79 Å². The van der Waals surface area contributed by atoms with Gasteiger partial charge in [0.2, 0.25) is 0 Å². The van der Waals surface area contributed by atoms with Crippen molar-refractivity contribution in [2.24, 2.45) is 0 Å². The maximum absolute atomic E-state index is 11.8. The van der Waals surface area contributed by atoms with Crippen molar-refractivity contribution in [2.45, 2.75) is 39.0 Å². The lowest BCUT2D eigenvalue weighted by molar-refractivity contribution is 0.0982. The predicted molar refractivity (Wildman–Crippen MR) is 72.8 cm³/mol. The molecule has 0 atom stereocenters. The van der Waals surface area contributed by atoms with Crippen LogP contribution in [0.2, 0.25) is 0 Å². The standard InChI is InChI=1S/C11H14Br2OS/c1-2-3-4-5-6-9(14)11-10(13)8(12)7-15-11/h7H,2-6H2,1H3. The van der Waals surface area contributed by atoms with Gasteiger partial charge in [0.1, 0.15) is 0 Å². The van der Waals surface area contributed by atoms with Gasteiger partial charge in [-0.25, -0.2) is 0 Å². The molecule has 0 fully saturated rings. The molecular weight excluding hydrogens is 340 g/mol. The smallest absolute Gasteiger partial charge is 0.173 e. The van der Waals surface area contributed by atoms with Crippen LogP contribution in [0.15, 0.2) is 14.3 Å². The van der Waals surface area contributed by atoms with E-state index in [-0.39, 0.29) is 5.78 Å². The Balaban J connectivity index is 2.44. The average molecular weight is 354 g/mol. The Morgan fingerprint density at radius 2 is 2.07 bits per heavy atom. The zero-order chi connectivity index (χ0) is 11.3. The summed E-state index contributed by atoms with van der Waals surface area (Å²) in [5, 5.41) is 1.95. The second kappa shape index (κ2) is 6.81. The van der Waals surface area contributed by atoms with Crippen LogP contribution in [-0.4, -0.2) is 5.78 Å². The molecule has 0 saturated heterocycles. The summed E-state index contributed by atoms with van der Waals surface area (Å²) < 4.78 is 1.89. The Hall–Kier alpha value is 0.330. The minimum atomic E-state index is 0.258. The van der Waals surface area contributed by atoms with Gasteiger partial charge in [-0.15, -0.1) is 11.3 Å². The van der Waals surface area contributed by atoms with E-state index in [1.54, 1.807) is 0 Å². The first kappa shape index (κ1) is 13.4. The summed E-state index contributed by atoms with van der Waals surface area (Å²) in [5.74, 6) is 0.258. The van der Waals surface area contributed by atoms with Crippen molar-refractivity contribution in [2.75, 3.05) is 0 Å². The number of thiophene rings is 1. The first-order valence-corrected chi connectivity index (χ1v) is 7.59. The molecular formula is C11H14Br2OS. The van der Waals surface area contributed by atoms with Crippen molar-refractivity contribution in [3.8, 4) is 0 Å². The van der Waals surface area contributed by atoms with Crippen LogP contribution >= 0.6 is 43.2 Å². The summed E-state index contributed by atoms with van der Waals surface area (Å²) in [6, 6.07) is 0. The van der Waals surface area contributed by atoms with Gasteiger partial charge in [0, 0.05) is 16.3 Å². The average Bonchev–Trinajstić information content (AvgIpc) is 2.55. The largest absolute Gasteiger partial charge is 0.293 e. The molecule has 0 unspecified atom stereocenters. The molecule has 0 aliphatic heterocycles. The van der Waals surface area contributed by atoms with Crippen molar-refractivity contribution in [1.29, 1.82) is 0 Å². The maximum Gasteiger partial charge on any atom is 0.173 e. The second-order valence-corrected chi connectivity index (χ2v) is 5.99. The maximum atomic E-state index is 11.8. The van der Waals surface area contributed by atoms with Crippen molar-refractivity contribution in [3.05, 3.63) is 19.2 Å². The summed E-state index contributed by atoms with van der Waals surface area (Å²) >= 11 is 8.31. The highest BCUT2D eigenvalue weighted by Gasteiger charge is 2.14. The molecule has 0 aliphatic rings. The summed E-state index contributed by atoms with van der Waals surface area (Å²) in [5.41, 5.74) is 0. The van der Waals surface area contributed by atoms with Gasteiger partial charge in [0.05, 0.1) is 9.35 Å². The minimum Gasteiger partial charge on any atom is -0.293 e. The number of carbonyl (C=O) groups excluding carboxylic acids is 1. The van der Waals surface area contributed by atoms with Gasteiger partial charge < -0.3 is 0 Å². The van der Waals surface area contributed by atoms with E-state index in [2.05, 4.69) is 38.8 Å². The Kier molecular flexibility index (Phi) is 6.09. The number of carbonyl (C=O) groups is 1. The third kappa shape index (κ3) is 4.00. The fourth-order valence-corrected chi connectivity index (χ4v) is 3.50. The molecule has 84 valence electrons. The van der Waals surface area contributed by atoms with E-state index in [0.717, 1.165) is 26.7 Å². The third-order valence-electron chi connectivity index (χ3n) is 2.20. The lowest BCUT2D eigenvalue weighted by atomic mass is 10.1. The minimum absolute atomic E-state index is 0.258. The number of hydrogen-bond acceptors (Lipinski definition) is 2. The van der Waals surface area contributed by atoms with Crippen LogP contribution in [0.25, 0.3) is 0 Å². The van der Waals surface area contributed by atoms with Gasteiger partial charge in [0.25, 0.3) is 0 Å². The van der Waals surface area contributed by atoms with Gasteiger partial charge in [0.15, 0.2) is 5.78 Å². The number of unbranched alkanes of at least 4 members (excludes halogenated alkanes) is 3. The number of rotatable bonds is 6. The van der Waals surface area contributed by atoms with Crippen molar-refractivity contribution in [3.63, 3.8) is 0 Å². The Morgan fingerprint density at radius 3 is 2.60 bits per heavy atom. The van der Waals surface area contributed by atoms with E-state index >= 15 is 0 Å². The van der Waals surface area contributed by atoms with Crippen molar-refractivity contribution < 1.29 is 4.79 Å². The van der Waals surface area contributed by atoms with Crippen LogP contribution in [0.4, 0.5) is 0 Å². The van der Waals surface area contributed by atoms with E-state index in [9.17, 15) is 4.79 Å². The molecule has 0 aromatic carbocycles. The predicted octanol–water partition coefficient (Wildman–Crippen LogP) is 5.43. The Labute approximate surface area is 112 Å². The first-order chi connectivity index (χ1) is 7.16. The molecule has 0 saturated carbocycles. The Morgan fingerprint density at radius 1 is 1.33 bits per heavy atom. The number of Topliss-reactive ketones (excluding diaryl/α,β-unsaturated/α-hetero) is 1. The summed E-state index contributed by atoms with van der Waals surface area (Å²) in [7, 11) is 0. The molecule has 0 amide bonds. The summed E-state index contributed by atoms with van der Waals surface area (Å²) in [6.45, 7) is 2.18. The number of halogens is 2. The molecule has 15 heavy (non-hydrogen) atoms. The zero-order valence-corrected chi connectivity index (χ0v) is 12.7. The number of hydrogen-bond donors (Lipinski definition) is 0. The Bertz CT molecular complexity index is 333. The molecule has 0 aliphatic carbocycles. The van der Waals surface area contributed by atoms with Gasteiger partial charge in [-0.1, -0.05) is 26.2 Å². The van der Waals surface area contributed by atoms with Crippen LogP contribution in [0.5, 0.6) is 0 Å². The molecule has 4 heteroatoms. The van der Waals surface area contributed by atoms with Crippen LogP contribution in [0, 0.1) is 0 Å². The molecule has 1 rings (SSSR count). The summed E-state index contributed by atoms with van der Waals surface area (Å²) in [6.07, 6.45) is 5.28. The lowest BCUT2D eigenvalue weighted by Gasteiger charge is -1.99. The first-order valence-electron chi connectivity index (χ1n) is 5.12. The molecule has 0 N–H and O–H groups in total. The number of ketones is 1. The molecule has 1 aromatic rings. The lowest BCUT2D eigenvalue weighted by Crippen LogP contribution is -1.96. The fourth-order valence-electron chi connectivity index (χ4n) is 1.34. The topological polar surface area (TPSA) is 17.1 Å².